The zero-order valence-corrected chi connectivity index (χ0v) is 13.6. The van der Waals surface area contributed by atoms with Crippen LogP contribution in [0.25, 0.3) is 0 Å². The number of halogens is 2. The molecule has 1 N–H and O–H groups in total. The van der Waals surface area contributed by atoms with Crippen LogP contribution < -0.4 is 5.32 Å². The molecule has 1 atom stereocenters. The number of nitrogens with one attached hydrogen (secondary N) is 1. The SMILES string of the molecule is CCNC(Cc1ccc(F)c(Br)c1)c1cc(C)oc1C. The summed E-state index contributed by atoms with van der Waals surface area (Å²) in [6.45, 7) is 6.88. The van der Waals surface area contributed by atoms with E-state index in [0.29, 0.717) is 4.47 Å². The van der Waals surface area contributed by atoms with Crippen LogP contribution in [0, 0.1) is 19.7 Å². The van der Waals surface area contributed by atoms with Gasteiger partial charge >= 0.3 is 0 Å². The smallest absolute Gasteiger partial charge is 0.137 e. The predicted molar refractivity (Wildman–Crippen MR) is 82.4 cm³/mol. The predicted octanol–water partition coefficient (Wildman–Crippen LogP) is 4.69. The van der Waals surface area contributed by atoms with E-state index in [9.17, 15) is 4.39 Å². The summed E-state index contributed by atoms with van der Waals surface area (Å²) in [5, 5.41) is 3.47. The van der Waals surface area contributed by atoms with Gasteiger partial charge in [-0.2, -0.15) is 0 Å². The molecular formula is C16H19BrFNO. The molecule has 0 amide bonds. The molecule has 1 heterocycles. The first-order valence-corrected chi connectivity index (χ1v) is 7.54. The molecule has 0 saturated carbocycles. The van der Waals surface area contributed by atoms with Crippen LogP contribution in [0.5, 0.6) is 0 Å². The van der Waals surface area contributed by atoms with Gasteiger partial charge in [0.05, 0.1) is 4.47 Å². The Bertz CT molecular complexity index is 594. The highest BCUT2D eigenvalue weighted by atomic mass is 79.9. The quantitative estimate of drug-likeness (QED) is 0.854. The van der Waals surface area contributed by atoms with Gasteiger partial charge in [-0.05, 0) is 66.5 Å². The Balaban J connectivity index is 2.25. The van der Waals surface area contributed by atoms with Crippen molar-refractivity contribution < 1.29 is 8.81 Å². The molecule has 0 bridgehead atoms. The number of aryl methyl sites for hydroxylation is 2. The van der Waals surface area contributed by atoms with Gasteiger partial charge in [0.1, 0.15) is 17.3 Å². The van der Waals surface area contributed by atoms with Crippen molar-refractivity contribution in [3.63, 3.8) is 0 Å². The van der Waals surface area contributed by atoms with Crippen molar-refractivity contribution in [1.29, 1.82) is 0 Å². The standard InChI is InChI=1S/C16H19BrFNO/c1-4-19-16(13-7-10(2)20-11(13)3)9-12-5-6-15(18)14(17)8-12/h5-8,16,19H,4,9H2,1-3H3. The van der Waals surface area contributed by atoms with E-state index in [1.807, 2.05) is 26.0 Å². The molecule has 108 valence electrons. The molecule has 2 rings (SSSR count). The van der Waals surface area contributed by atoms with Crippen LogP contribution in [0.3, 0.4) is 0 Å². The first kappa shape index (κ1) is 15.3. The molecule has 20 heavy (non-hydrogen) atoms. The lowest BCUT2D eigenvalue weighted by atomic mass is 9.99. The summed E-state index contributed by atoms with van der Waals surface area (Å²) in [7, 11) is 0. The van der Waals surface area contributed by atoms with Crippen molar-refractivity contribution in [2.75, 3.05) is 6.54 Å². The summed E-state index contributed by atoms with van der Waals surface area (Å²) in [4.78, 5) is 0. The highest BCUT2D eigenvalue weighted by molar-refractivity contribution is 9.10. The second kappa shape index (κ2) is 6.55. The van der Waals surface area contributed by atoms with E-state index in [4.69, 9.17) is 4.42 Å². The summed E-state index contributed by atoms with van der Waals surface area (Å²) >= 11 is 3.24. The molecule has 1 aromatic carbocycles. The average Bonchev–Trinajstić information content (AvgIpc) is 2.72. The van der Waals surface area contributed by atoms with E-state index < -0.39 is 0 Å². The third-order valence-corrected chi connectivity index (χ3v) is 3.94. The maximum atomic E-state index is 13.3. The lowest BCUT2D eigenvalue weighted by molar-refractivity contribution is 0.484. The maximum Gasteiger partial charge on any atom is 0.137 e. The van der Waals surface area contributed by atoms with Crippen LogP contribution >= 0.6 is 15.9 Å². The van der Waals surface area contributed by atoms with E-state index >= 15 is 0 Å². The largest absolute Gasteiger partial charge is 0.466 e. The fraction of sp³-hybridized carbons (Fsp3) is 0.375. The molecule has 0 aliphatic heterocycles. The number of benzene rings is 1. The first-order chi connectivity index (χ1) is 9.51. The maximum absolute atomic E-state index is 13.3. The van der Waals surface area contributed by atoms with Gasteiger partial charge in [-0.3, -0.25) is 0 Å². The lowest BCUT2D eigenvalue weighted by Crippen LogP contribution is -2.23. The fourth-order valence-corrected chi connectivity index (χ4v) is 2.86. The van der Waals surface area contributed by atoms with Crippen molar-refractivity contribution in [3.05, 3.63) is 57.2 Å². The van der Waals surface area contributed by atoms with Crippen LogP contribution in [0.4, 0.5) is 4.39 Å². The third kappa shape index (κ3) is 3.49. The lowest BCUT2D eigenvalue weighted by Gasteiger charge is -2.17. The number of hydrogen-bond acceptors (Lipinski definition) is 2. The molecule has 0 fully saturated rings. The number of hydrogen-bond donors (Lipinski definition) is 1. The monoisotopic (exact) mass is 339 g/mol. The molecule has 2 aromatic rings. The van der Waals surface area contributed by atoms with Crippen molar-refractivity contribution in [1.82, 2.24) is 5.32 Å². The van der Waals surface area contributed by atoms with E-state index in [1.165, 1.54) is 11.6 Å². The van der Waals surface area contributed by atoms with Gasteiger partial charge in [0.15, 0.2) is 0 Å². The highest BCUT2D eigenvalue weighted by Crippen LogP contribution is 2.26. The normalized spacial score (nSPS) is 12.7. The summed E-state index contributed by atoms with van der Waals surface area (Å²) in [5.74, 6) is 1.62. The summed E-state index contributed by atoms with van der Waals surface area (Å²) in [5.41, 5.74) is 2.26. The Morgan fingerprint density at radius 2 is 2.05 bits per heavy atom. The number of likely N-dealkylation sites (N-methyl/N-ethyl adjacent to an activating group) is 1. The van der Waals surface area contributed by atoms with E-state index in [1.54, 1.807) is 0 Å². The van der Waals surface area contributed by atoms with E-state index in [2.05, 4.69) is 34.2 Å². The van der Waals surface area contributed by atoms with Crippen molar-refractivity contribution in [2.45, 2.75) is 33.2 Å². The Morgan fingerprint density at radius 1 is 1.30 bits per heavy atom. The summed E-state index contributed by atoms with van der Waals surface area (Å²) < 4.78 is 19.4. The Labute approximate surface area is 127 Å². The second-order valence-corrected chi connectivity index (χ2v) is 5.79. The molecule has 0 aliphatic rings. The molecular weight excluding hydrogens is 321 g/mol. The van der Waals surface area contributed by atoms with Crippen LogP contribution in [0.15, 0.2) is 33.2 Å². The fourth-order valence-electron chi connectivity index (χ4n) is 2.44. The second-order valence-electron chi connectivity index (χ2n) is 4.93. The molecule has 0 aliphatic carbocycles. The Morgan fingerprint density at radius 3 is 2.60 bits per heavy atom. The van der Waals surface area contributed by atoms with Crippen molar-refractivity contribution >= 4 is 15.9 Å². The Hall–Kier alpha value is -1.13. The zero-order valence-electron chi connectivity index (χ0n) is 12.0. The average molecular weight is 340 g/mol. The third-order valence-electron chi connectivity index (χ3n) is 3.33. The van der Waals surface area contributed by atoms with Gasteiger partial charge in [0, 0.05) is 11.6 Å². The molecule has 1 aromatic heterocycles. The van der Waals surface area contributed by atoms with Crippen LogP contribution in [0.1, 0.15) is 35.6 Å². The summed E-state index contributed by atoms with van der Waals surface area (Å²) in [6.07, 6.45) is 0.798. The zero-order chi connectivity index (χ0) is 14.7. The van der Waals surface area contributed by atoms with Crippen molar-refractivity contribution in [2.24, 2.45) is 0 Å². The van der Waals surface area contributed by atoms with Crippen LogP contribution in [-0.4, -0.2) is 6.54 Å². The first-order valence-electron chi connectivity index (χ1n) is 6.75. The van der Waals surface area contributed by atoms with Gasteiger partial charge in [-0.15, -0.1) is 0 Å². The molecule has 0 saturated heterocycles. The molecule has 0 spiro atoms. The molecule has 0 radical (unpaired) electrons. The minimum absolute atomic E-state index is 0.176. The van der Waals surface area contributed by atoms with Gasteiger partial charge in [-0.1, -0.05) is 13.0 Å². The van der Waals surface area contributed by atoms with E-state index in [-0.39, 0.29) is 11.9 Å². The van der Waals surface area contributed by atoms with Crippen LogP contribution in [0.2, 0.25) is 0 Å². The number of furan rings is 1. The van der Waals surface area contributed by atoms with Gasteiger partial charge in [-0.25, -0.2) is 4.39 Å². The minimum Gasteiger partial charge on any atom is -0.466 e. The topological polar surface area (TPSA) is 25.2 Å². The van der Waals surface area contributed by atoms with Crippen molar-refractivity contribution in [3.8, 4) is 0 Å². The molecule has 4 heteroatoms. The van der Waals surface area contributed by atoms with Gasteiger partial charge in [0.25, 0.3) is 0 Å². The van der Waals surface area contributed by atoms with E-state index in [0.717, 1.165) is 30.0 Å². The van der Waals surface area contributed by atoms with Crippen LogP contribution in [-0.2, 0) is 6.42 Å². The highest BCUT2D eigenvalue weighted by Gasteiger charge is 2.17. The minimum atomic E-state index is -0.232. The Kier molecular flexibility index (Phi) is 5.00. The van der Waals surface area contributed by atoms with Gasteiger partial charge in [0.2, 0.25) is 0 Å². The summed E-state index contributed by atoms with van der Waals surface area (Å²) in [6, 6.07) is 7.40. The molecule has 1 unspecified atom stereocenters. The van der Waals surface area contributed by atoms with Gasteiger partial charge < -0.3 is 9.73 Å². The number of rotatable bonds is 5. The molecule has 2 nitrogen and oxygen atoms in total.